The zero-order chi connectivity index (χ0) is 21.2. The van der Waals surface area contributed by atoms with Crippen molar-refractivity contribution in [3.8, 4) is 0 Å². The van der Waals surface area contributed by atoms with E-state index in [0.29, 0.717) is 5.52 Å². The van der Waals surface area contributed by atoms with Crippen LogP contribution in [-0.4, -0.2) is 79.1 Å². The number of carbonyl (C=O) groups is 2. The average Bonchev–Trinajstić information content (AvgIpc) is 2.72. The number of aromatic nitrogens is 1. The zero-order valence-corrected chi connectivity index (χ0v) is 17.4. The molecule has 0 spiro atoms. The lowest BCUT2D eigenvalue weighted by atomic mass is 10.2. The number of pyridine rings is 1. The van der Waals surface area contributed by atoms with E-state index < -0.39 is 10.0 Å². The Bertz CT molecular complexity index is 1060. The van der Waals surface area contributed by atoms with Crippen LogP contribution in [0, 0.1) is 6.92 Å². The Morgan fingerprint density at radius 3 is 2.59 bits per heavy atom. The molecule has 1 aliphatic rings. The Hall–Kier alpha value is -2.78. The van der Waals surface area contributed by atoms with E-state index in [1.54, 1.807) is 23.2 Å². The maximum atomic E-state index is 13.2. The zero-order valence-electron chi connectivity index (χ0n) is 16.5. The molecule has 1 aliphatic heterocycles. The van der Waals surface area contributed by atoms with Gasteiger partial charge in [-0.05, 0) is 30.7 Å². The third-order valence-electron chi connectivity index (χ3n) is 4.94. The molecule has 3 rings (SSSR count). The molecule has 1 aromatic heterocycles. The quantitative estimate of drug-likeness (QED) is 0.679. The summed E-state index contributed by atoms with van der Waals surface area (Å²) in [5, 5.41) is 0.773. The first-order chi connectivity index (χ1) is 13.7. The Labute approximate surface area is 170 Å². The highest BCUT2D eigenvalue weighted by Crippen LogP contribution is 2.25. The molecule has 1 aromatic carbocycles. The monoisotopic (exact) mass is 416 g/mol. The van der Waals surface area contributed by atoms with Gasteiger partial charge >= 0.3 is 0 Å². The number of sulfonamides is 1. The second kappa shape index (κ2) is 8.30. The molecule has 0 N–H and O–H groups in total. The van der Waals surface area contributed by atoms with Crippen molar-refractivity contribution in [2.75, 3.05) is 39.8 Å². The first-order valence-corrected chi connectivity index (χ1v) is 10.7. The van der Waals surface area contributed by atoms with E-state index in [1.807, 2.05) is 19.1 Å². The van der Waals surface area contributed by atoms with Crippen LogP contribution in [0.1, 0.15) is 5.56 Å². The number of likely N-dealkylation sites (N-methyl/N-ethyl adjacent to an activating group) is 1. The van der Waals surface area contributed by atoms with Gasteiger partial charge in [0.05, 0.1) is 12.1 Å². The van der Waals surface area contributed by atoms with Gasteiger partial charge in [0.15, 0.2) is 0 Å². The average molecular weight is 417 g/mol. The van der Waals surface area contributed by atoms with E-state index in [0.717, 1.165) is 17.0 Å². The van der Waals surface area contributed by atoms with E-state index in [-0.39, 0.29) is 49.4 Å². The number of benzene rings is 1. The third kappa shape index (κ3) is 4.30. The molecule has 0 radical (unpaired) electrons. The summed E-state index contributed by atoms with van der Waals surface area (Å²) in [5.74, 6) is -0.555. The van der Waals surface area contributed by atoms with Crippen LogP contribution in [0.2, 0.25) is 0 Å². The number of rotatable bonds is 5. The lowest BCUT2D eigenvalue weighted by molar-refractivity contribution is -0.138. The molecule has 0 bridgehead atoms. The van der Waals surface area contributed by atoms with Crippen molar-refractivity contribution in [1.82, 2.24) is 19.1 Å². The van der Waals surface area contributed by atoms with Gasteiger partial charge < -0.3 is 9.80 Å². The molecule has 2 amide bonds. The van der Waals surface area contributed by atoms with Crippen LogP contribution in [0.25, 0.3) is 10.9 Å². The van der Waals surface area contributed by atoms with Crippen molar-refractivity contribution in [1.29, 1.82) is 0 Å². The number of hydrogen-bond donors (Lipinski definition) is 0. The summed E-state index contributed by atoms with van der Waals surface area (Å²) >= 11 is 0. The highest BCUT2D eigenvalue weighted by atomic mass is 32.2. The maximum Gasteiger partial charge on any atom is 0.246 e. The summed E-state index contributed by atoms with van der Waals surface area (Å²) in [4.78, 5) is 31.3. The number of amides is 2. The predicted octanol–water partition coefficient (Wildman–Crippen LogP) is 1.02. The molecule has 29 heavy (non-hydrogen) atoms. The molecule has 2 aromatic rings. The van der Waals surface area contributed by atoms with Crippen LogP contribution in [-0.2, 0) is 19.6 Å². The molecule has 2 heterocycles. The van der Waals surface area contributed by atoms with Crippen molar-refractivity contribution in [3.63, 3.8) is 0 Å². The van der Waals surface area contributed by atoms with Gasteiger partial charge in [0, 0.05) is 44.8 Å². The van der Waals surface area contributed by atoms with Crippen LogP contribution in [0.3, 0.4) is 0 Å². The number of nitrogens with zero attached hydrogens (tertiary/aromatic N) is 4. The molecule has 0 unspecified atom stereocenters. The van der Waals surface area contributed by atoms with Gasteiger partial charge in [0.2, 0.25) is 21.8 Å². The standard InChI is InChI=1S/C20H24N4O4S/c1-4-18(25)22(3)14-19(26)23-8-10-24(11-9-23)29(27,28)17-7-5-6-16-12-15(2)13-21-20(16)17/h4-7,12-13H,1,8-11,14H2,2-3H3. The SMILES string of the molecule is C=CC(=O)N(C)CC(=O)N1CCN(S(=O)(=O)c2cccc3cc(C)cnc23)CC1. The van der Waals surface area contributed by atoms with E-state index in [4.69, 9.17) is 0 Å². The second-order valence-corrected chi connectivity index (χ2v) is 8.93. The van der Waals surface area contributed by atoms with Crippen LogP contribution in [0.4, 0.5) is 0 Å². The van der Waals surface area contributed by atoms with Crippen molar-refractivity contribution in [3.05, 3.63) is 48.7 Å². The Balaban J connectivity index is 1.73. The van der Waals surface area contributed by atoms with Crippen LogP contribution >= 0.6 is 0 Å². The van der Waals surface area contributed by atoms with Gasteiger partial charge in [-0.15, -0.1) is 0 Å². The molecule has 0 saturated carbocycles. The van der Waals surface area contributed by atoms with Crippen LogP contribution in [0.5, 0.6) is 0 Å². The number of piperazine rings is 1. The molecule has 8 nitrogen and oxygen atoms in total. The second-order valence-electron chi connectivity index (χ2n) is 7.02. The van der Waals surface area contributed by atoms with E-state index in [9.17, 15) is 18.0 Å². The fourth-order valence-electron chi connectivity index (χ4n) is 3.30. The number of hydrogen-bond acceptors (Lipinski definition) is 5. The van der Waals surface area contributed by atoms with E-state index in [1.165, 1.54) is 16.3 Å². The number of carbonyl (C=O) groups excluding carboxylic acids is 2. The number of fused-ring (bicyclic) bond motifs is 1. The van der Waals surface area contributed by atoms with Crippen molar-refractivity contribution >= 4 is 32.7 Å². The molecule has 9 heteroatoms. The number of aryl methyl sites for hydroxylation is 1. The predicted molar refractivity (Wildman–Crippen MR) is 110 cm³/mol. The molecule has 154 valence electrons. The fraction of sp³-hybridized carbons (Fsp3) is 0.350. The first-order valence-electron chi connectivity index (χ1n) is 9.25. The van der Waals surface area contributed by atoms with Gasteiger partial charge in [-0.25, -0.2) is 8.42 Å². The minimum Gasteiger partial charge on any atom is -0.339 e. The maximum absolute atomic E-state index is 13.2. The molecule has 1 fully saturated rings. The molecule has 0 aliphatic carbocycles. The fourth-order valence-corrected chi connectivity index (χ4v) is 4.89. The van der Waals surface area contributed by atoms with Crippen molar-refractivity contribution in [2.45, 2.75) is 11.8 Å². The van der Waals surface area contributed by atoms with Gasteiger partial charge in [-0.3, -0.25) is 14.6 Å². The van der Waals surface area contributed by atoms with Gasteiger partial charge in [-0.1, -0.05) is 18.7 Å². The molecule has 0 atom stereocenters. The molecular weight excluding hydrogens is 392 g/mol. The van der Waals surface area contributed by atoms with Gasteiger partial charge in [0.1, 0.15) is 4.90 Å². The summed E-state index contributed by atoms with van der Waals surface area (Å²) in [6, 6.07) is 7.01. The smallest absolute Gasteiger partial charge is 0.246 e. The Kier molecular flexibility index (Phi) is 5.99. The van der Waals surface area contributed by atoms with Crippen LogP contribution in [0.15, 0.2) is 48.0 Å². The van der Waals surface area contributed by atoms with Crippen molar-refractivity contribution < 1.29 is 18.0 Å². The topological polar surface area (TPSA) is 90.9 Å². The number of para-hydroxylation sites is 1. The largest absolute Gasteiger partial charge is 0.339 e. The summed E-state index contributed by atoms with van der Waals surface area (Å²) in [6.07, 6.45) is 2.80. The minimum absolute atomic E-state index is 0.0653. The minimum atomic E-state index is -3.74. The lowest BCUT2D eigenvalue weighted by Crippen LogP contribution is -2.52. The van der Waals surface area contributed by atoms with E-state index in [2.05, 4.69) is 11.6 Å². The lowest BCUT2D eigenvalue weighted by Gasteiger charge is -2.34. The van der Waals surface area contributed by atoms with Crippen molar-refractivity contribution in [2.24, 2.45) is 0 Å². The van der Waals surface area contributed by atoms with E-state index >= 15 is 0 Å². The first kappa shape index (κ1) is 20.9. The van der Waals surface area contributed by atoms with Gasteiger partial charge in [0.25, 0.3) is 0 Å². The normalized spacial score (nSPS) is 15.3. The summed E-state index contributed by atoms with van der Waals surface area (Å²) in [6.45, 7) is 6.16. The molecular formula is C20H24N4O4S. The summed E-state index contributed by atoms with van der Waals surface area (Å²) in [5.41, 5.74) is 1.40. The molecule has 1 saturated heterocycles. The highest BCUT2D eigenvalue weighted by Gasteiger charge is 2.31. The van der Waals surface area contributed by atoms with Gasteiger partial charge in [-0.2, -0.15) is 4.31 Å². The Morgan fingerprint density at radius 2 is 1.93 bits per heavy atom. The third-order valence-corrected chi connectivity index (χ3v) is 6.87. The summed E-state index contributed by atoms with van der Waals surface area (Å²) < 4.78 is 27.8. The highest BCUT2D eigenvalue weighted by molar-refractivity contribution is 7.89. The Morgan fingerprint density at radius 1 is 1.24 bits per heavy atom. The van der Waals surface area contributed by atoms with Crippen LogP contribution < -0.4 is 0 Å². The summed E-state index contributed by atoms with van der Waals surface area (Å²) in [7, 11) is -2.21.